The number of hydrogen-bond acceptors (Lipinski definition) is 5. The predicted molar refractivity (Wildman–Crippen MR) is 81.7 cm³/mol. The number of amides is 1. The lowest BCUT2D eigenvalue weighted by Crippen LogP contribution is -2.23. The lowest BCUT2D eigenvalue weighted by atomic mass is 10.1. The van der Waals surface area contributed by atoms with E-state index in [-0.39, 0.29) is 5.91 Å². The molecule has 6 heteroatoms. The fraction of sp³-hybridized carbons (Fsp3) is 0.267. The molecule has 6 nitrogen and oxygen atoms in total. The Morgan fingerprint density at radius 2 is 1.95 bits per heavy atom. The number of anilines is 1. The van der Waals surface area contributed by atoms with Crippen molar-refractivity contribution < 1.29 is 4.79 Å². The molecule has 110 valence electrons. The van der Waals surface area contributed by atoms with Crippen molar-refractivity contribution in [1.29, 1.82) is 0 Å². The van der Waals surface area contributed by atoms with Gasteiger partial charge in [-0.2, -0.15) is 0 Å². The molecule has 2 aromatic rings. The third-order valence-corrected chi connectivity index (χ3v) is 2.99. The van der Waals surface area contributed by atoms with Gasteiger partial charge < -0.3 is 16.0 Å². The highest BCUT2D eigenvalue weighted by molar-refractivity contribution is 5.91. The summed E-state index contributed by atoms with van der Waals surface area (Å²) in [5.74, 6) is 0.466. The summed E-state index contributed by atoms with van der Waals surface area (Å²) in [4.78, 5) is 13.2. The summed E-state index contributed by atoms with van der Waals surface area (Å²) in [5, 5.41) is 11.1. The quantitative estimate of drug-likeness (QED) is 0.863. The minimum atomic E-state index is -0.162. The summed E-state index contributed by atoms with van der Waals surface area (Å²) in [6.45, 7) is 1.15. The maximum Gasteiger partial charge on any atom is 0.273 e. The Labute approximate surface area is 124 Å². The molecule has 0 aliphatic carbocycles. The molecule has 0 aliphatic rings. The molecule has 0 bridgehead atoms. The second-order valence-corrected chi connectivity index (χ2v) is 4.88. The van der Waals surface area contributed by atoms with Gasteiger partial charge in [-0.15, -0.1) is 10.2 Å². The summed E-state index contributed by atoms with van der Waals surface area (Å²) in [6.07, 6.45) is 0. The van der Waals surface area contributed by atoms with Crippen LogP contribution in [0, 0.1) is 0 Å². The van der Waals surface area contributed by atoms with E-state index in [0.29, 0.717) is 24.6 Å². The Balaban J connectivity index is 1.99. The van der Waals surface area contributed by atoms with E-state index in [4.69, 9.17) is 5.73 Å². The van der Waals surface area contributed by atoms with Crippen molar-refractivity contribution in [3.8, 4) is 0 Å². The Morgan fingerprint density at radius 3 is 2.57 bits per heavy atom. The number of benzene rings is 1. The monoisotopic (exact) mass is 285 g/mol. The number of rotatable bonds is 5. The second-order valence-electron chi connectivity index (χ2n) is 4.88. The fourth-order valence-corrected chi connectivity index (χ4v) is 1.83. The summed E-state index contributed by atoms with van der Waals surface area (Å²) in [5.41, 5.74) is 8.15. The normalized spacial score (nSPS) is 10.2. The number of nitrogens with two attached hydrogens (primary N) is 1. The molecule has 0 saturated heterocycles. The van der Waals surface area contributed by atoms with E-state index >= 15 is 0 Å². The molecule has 1 aromatic heterocycles. The highest BCUT2D eigenvalue weighted by atomic mass is 16.2. The zero-order valence-corrected chi connectivity index (χ0v) is 12.2. The van der Waals surface area contributed by atoms with Crippen LogP contribution < -0.4 is 11.1 Å². The van der Waals surface area contributed by atoms with Crippen LogP contribution >= 0.6 is 0 Å². The summed E-state index contributed by atoms with van der Waals surface area (Å²) in [6, 6.07) is 11.4. The molecule has 1 aromatic carbocycles. The van der Waals surface area contributed by atoms with Gasteiger partial charge in [-0.05, 0) is 23.3 Å². The highest BCUT2D eigenvalue weighted by Crippen LogP contribution is 2.08. The number of hydrogen-bond donors (Lipinski definition) is 2. The van der Waals surface area contributed by atoms with E-state index < -0.39 is 0 Å². The molecular weight excluding hydrogens is 266 g/mol. The maximum atomic E-state index is 11.7. The van der Waals surface area contributed by atoms with Gasteiger partial charge in [0.1, 0.15) is 5.82 Å². The second kappa shape index (κ2) is 6.81. The first-order chi connectivity index (χ1) is 10.1. The Bertz CT molecular complexity index is 610. The van der Waals surface area contributed by atoms with Crippen molar-refractivity contribution in [3.05, 3.63) is 53.2 Å². The molecular formula is C15H19N5O. The summed E-state index contributed by atoms with van der Waals surface area (Å²) in [7, 11) is 3.36. The van der Waals surface area contributed by atoms with Crippen LogP contribution in [0.2, 0.25) is 0 Å². The van der Waals surface area contributed by atoms with Gasteiger partial charge in [0.2, 0.25) is 0 Å². The van der Waals surface area contributed by atoms with Gasteiger partial charge in [-0.1, -0.05) is 24.3 Å². The molecule has 21 heavy (non-hydrogen) atoms. The number of aromatic nitrogens is 2. The topological polar surface area (TPSA) is 84.1 Å². The van der Waals surface area contributed by atoms with E-state index in [1.54, 1.807) is 26.2 Å². The molecule has 0 aliphatic heterocycles. The van der Waals surface area contributed by atoms with Crippen LogP contribution in [0.1, 0.15) is 21.6 Å². The van der Waals surface area contributed by atoms with Crippen molar-refractivity contribution in [2.75, 3.05) is 19.4 Å². The largest absolute Gasteiger partial charge is 0.365 e. The first-order valence-electron chi connectivity index (χ1n) is 6.67. The van der Waals surface area contributed by atoms with Crippen molar-refractivity contribution >= 4 is 11.7 Å². The van der Waals surface area contributed by atoms with Gasteiger partial charge >= 0.3 is 0 Å². The first-order valence-corrected chi connectivity index (χ1v) is 6.67. The highest BCUT2D eigenvalue weighted by Gasteiger charge is 2.09. The van der Waals surface area contributed by atoms with Crippen LogP contribution in [-0.4, -0.2) is 35.1 Å². The van der Waals surface area contributed by atoms with Crippen molar-refractivity contribution in [2.45, 2.75) is 13.1 Å². The van der Waals surface area contributed by atoms with Crippen LogP contribution in [0.5, 0.6) is 0 Å². The molecule has 0 radical (unpaired) electrons. The van der Waals surface area contributed by atoms with Crippen molar-refractivity contribution in [2.24, 2.45) is 5.73 Å². The lowest BCUT2D eigenvalue weighted by molar-refractivity contribution is 0.0821. The summed E-state index contributed by atoms with van der Waals surface area (Å²) >= 11 is 0. The smallest absolute Gasteiger partial charge is 0.273 e. The van der Waals surface area contributed by atoms with Crippen molar-refractivity contribution in [1.82, 2.24) is 15.1 Å². The average molecular weight is 285 g/mol. The zero-order chi connectivity index (χ0) is 15.2. The molecule has 0 saturated carbocycles. The molecule has 0 fully saturated rings. The van der Waals surface area contributed by atoms with Gasteiger partial charge in [0.15, 0.2) is 5.69 Å². The molecule has 1 amide bonds. The average Bonchev–Trinajstić information content (AvgIpc) is 2.53. The number of carbonyl (C=O) groups excluding carboxylic acids is 1. The molecule has 3 N–H and O–H groups in total. The van der Waals surface area contributed by atoms with E-state index in [1.165, 1.54) is 4.90 Å². The van der Waals surface area contributed by atoms with E-state index in [2.05, 4.69) is 15.5 Å². The van der Waals surface area contributed by atoms with Gasteiger partial charge in [0.05, 0.1) is 0 Å². The van der Waals surface area contributed by atoms with Crippen LogP contribution in [0.3, 0.4) is 0 Å². The molecule has 0 spiro atoms. The predicted octanol–water partition coefficient (Wildman–Crippen LogP) is 1.25. The minimum absolute atomic E-state index is 0.162. The lowest BCUT2D eigenvalue weighted by Gasteiger charge is -2.10. The minimum Gasteiger partial charge on any atom is -0.365 e. The Kier molecular flexibility index (Phi) is 4.84. The Hall–Kier alpha value is -2.47. The molecule has 0 atom stereocenters. The molecule has 0 unspecified atom stereocenters. The van der Waals surface area contributed by atoms with Gasteiger partial charge in [-0.25, -0.2) is 0 Å². The summed E-state index contributed by atoms with van der Waals surface area (Å²) < 4.78 is 0. The van der Waals surface area contributed by atoms with E-state index in [9.17, 15) is 4.79 Å². The van der Waals surface area contributed by atoms with E-state index in [1.807, 2.05) is 24.3 Å². The third-order valence-electron chi connectivity index (χ3n) is 2.99. The van der Waals surface area contributed by atoms with Gasteiger partial charge in [0.25, 0.3) is 5.91 Å². The van der Waals surface area contributed by atoms with Gasteiger partial charge in [0, 0.05) is 27.2 Å². The van der Waals surface area contributed by atoms with Crippen LogP contribution in [0.25, 0.3) is 0 Å². The zero-order valence-electron chi connectivity index (χ0n) is 12.2. The number of nitrogens with zero attached hydrogens (tertiary/aromatic N) is 3. The SMILES string of the molecule is CN(C)C(=O)c1ccc(NCc2cccc(CN)c2)nn1. The van der Waals surface area contributed by atoms with Crippen LogP contribution in [0.4, 0.5) is 5.82 Å². The van der Waals surface area contributed by atoms with Crippen LogP contribution in [-0.2, 0) is 13.1 Å². The maximum absolute atomic E-state index is 11.7. The number of nitrogens with one attached hydrogen (secondary N) is 1. The molecule has 1 heterocycles. The third kappa shape index (κ3) is 4.00. The first kappa shape index (κ1) is 14.9. The van der Waals surface area contributed by atoms with Crippen LogP contribution in [0.15, 0.2) is 36.4 Å². The molecule has 2 rings (SSSR count). The van der Waals surface area contributed by atoms with Crippen molar-refractivity contribution in [3.63, 3.8) is 0 Å². The fourth-order valence-electron chi connectivity index (χ4n) is 1.83. The van der Waals surface area contributed by atoms with Gasteiger partial charge in [-0.3, -0.25) is 4.79 Å². The van der Waals surface area contributed by atoms with E-state index in [0.717, 1.165) is 11.1 Å². The standard InChI is InChI=1S/C15H19N5O/c1-20(2)15(21)13-6-7-14(19-18-13)17-10-12-5-3-4-11(8-12)9-16/h3-8H,9-10,16H2,1-2H3,(H,17,19). The number of carbonyl (C=O) groups is 1. The Morgan fingerprint density at radius 1 is 1.19 bits per heavy atom.